The number of rotatable bonds is 1. The smallest absolute Gasteiger partial charge is 0.126 e. The molecule has 1 aliphatic heterocycles. The second-order valence-corrected chi connectivity index (χ2v) is 3.39. The van der Waals surface area contributed by atoms with Gasteiger partial charge >= 0.3 is 0 Å². The lowest BCUT2D eigenvalue weighted by atomic mass is 9.97. The van der Waals surface area contributed by atoms with Gasteiger partial charge in [0.1, 0.15) is 11.6 Å². The lowest BCUT2D eigenvalue weighted by Crippen LogP contribution is -2.08. The Labute approximate surface area is 76.4 Å². The summed E-state index contributed by atoms with van der Waals surface area (Å²) in [6, 6.07) is 4.24. The van der Waals surface area contributed by atoms with Gasteiger partial charge in [0.15, 0.2) is 0 Å². The van der Waals surface area contributed by atoms with Gasteiger partial charge in [-0.15, -0.1) is 0 Å². The highest BCUT2D eigenvalue weighted by atomic mass is 19.1. The molecule has 0 radical (unpaired) electrons. The average Bonchev–Trinajstić information content (AvgIpc) is 2.56. The van der Waals surface area contributed by atoms with Crippen molar-refractivity contribution >= 4 is 0 Å². The Bertz CT molecular complexity index is 308. The van der Waals surface area contributed by atoms with Crippen LogP contribution >= 0.6 is 0 Å². The van der Waals surface area contributed by atoms with Crippen molar-refractivity contribution in [2.24, 2.45) is 0 Å². The Morgan fingerprint density at radius 3 is 2.92 bits per heavy atom. The minimum Gasteiger partial charge on any atom is -0.508 e. The summed E-state index contributed by atoms with van der Waals surface area (Å²) in [5.74, 6) is 0.0292. The van der Waals surface area contributed by atoms with Crippen LogP contribution in [0.5, 0.6) is 5.75 Å². The Hall–Kier alpha value is -1.09. The van der Waals surface area contributed by atoms with E-state index < -0.39 is 0 Å². The van der Waals surface area contributed by atoms with Crippen LogP contribution in [0.4, 0.5) is 4.39 Å². The maximum Gasteiger partial charge on any atom is 0.126 e. The van der Waals surface area contributed by atoms with Gasteiger partial charge in [-0.2, -0.15) is 0 Å². The van der Waals surface area contributed by atoms with Crippen LogP contribution in [-0.2, 0) is 0 Å². The summed E-state index contributed by atoms with van der Waals surface area (Å²) in [5.41, 5.74) is 0.853. The van der Waals surface area contributed by atoms with Crippen molar-refractivity contribution in [1.82, 2.24) is 5.32 Å². The predicted molar refractivity (Wildman–Crippen MR) is 48.3 cm³/mol. The average molecular weight is 181 g/mol. The van der Waals surface area contributed by atoms with Gasteiger partial charge in [-0.25, -0.2) is 4.39 Å². The summed E-state index contributed by atoms with van der Waals surface area (Å²) >= 11 is 0. The van der Waals surface area contributed by atoms with Crippen LogP contribution in [-0.4, -0.2) is 18.2 Å². The van der Waals surface area contributed by atoms with Crippen LogP contribution in [0.3, 0.4) is 0 Å². The zero-order chi connectivity index (χ0) is 9.26. The third kappa shape index (κ3) is 1.65. The second-order valence-electron chi connectivity index (χ2n) is 3.39. The molecule has 1 fully saturated rings. The predicted octanol–water partition coefficient (Wildman–Crippen LogP) is 1.61. The van der Waals surface area contributed by atoms with Gasteiger partial charge in [0, 0.05) is 18.5 Å². The highest BCUT2D eigenvalue weighted by molar-refractivity contribution is 5.36. The van der Waals surface area contributed by atoms with Crippen molar-refractivity contribution in [3.63, 3.8) is 0 Å². The molecule has 0 saturated carbocycles. The van der Waals surface area contributed by atoms with E-state index >= 15 is 0 Å². The van der Waals surface area contributed by atoms with Crippen LogP contribution in [0.2, 0.25) is 0 Å². The topological polar surface area (TPSA) is 32.3 Å². The Kier molecular flexibility index (Phi) is 2.19. The van der Waals surface area contributed by atoms with Crippen LogP contribution < -0.4 is 5.32 Å². The second kappa shape index (κ2) is 3.34. The third-order valence-corrected chi connectivity index (χ3v) is 2.49. The summed E-state index contributed by atoms with van der Waals surface area (Å²) in [6.07, 6.45) is 1.01. The third-order valence-electron chi connectivity index (χ3n) is 2.49. The van der Waals surface area contributed by atoms with E-state index in [0.717, 1.165) is 25.1 Å². The Balaban J connectivity index is 2.29. The van der Waals surface area contributed by atoms with E-state index in [2.05, 4.69) is 5.32 Å². The zero-order valence-corrected chi connectivity index (χ0v) is 7.26. The van der Waals surface area contributed by atoms with E-state index in [1.807, 2.05) is 0 Å². The molecule has 1 atom stereocenters. The van der Waals surface area contributed by atoms with Gasteiger partial charge in [-0.05, 0) is 24.6 Å². The first-order chi connectivity index (χ1) is 6.27. The van der Waals surface area contributed by atoms with Crippen LogP contribution in [0, 0.1) is 5.82 Å². The van der Waals surface area contributed by atoms with Gasteiger partial charge in [0.05, 0.1) is 0 Å². The molecule has 0 amide bonds. The molecule has 2 rings (SSSR count). The standard InChI is InChI=1S/C10H12FNO/c11-8-1-2-9(10(13)5-8)7-3-4-12-6-7/h1-2,5,7,12-13H,3-4,6H2/t7-/m1/s1. The van der Waals surface area contributed by atoms with Gasteiger partial charge in [0.2, 0.25) is 0 Å². The maximum atomic E-state index is 12.7. The largest absolute Gasteiger partial charge is 0.508 e. The highest BCUT2D eigenvalue weighted by Crippen LogP contribution is 2.30. The van der Waals surface area contributed by atoms with Crippen molar-refractivity contribution in [3.8, 4) is 5.75 Å². The van der Waals surface area contributed by atoms with Gasteiger partial charge in [-0.3, -0.25) is 0 Å². The summed E-state index contributed by atoms with van der Waals surface area (Å²) in [6.45, 7) is 1.85. The van der Waals surface area contributed by atoms with Gasteiger partial charge in [-0.1, -0.05) is 6.07 Å². The maximum absolute atomic E-state index is 12.7. The van der Waals surface area contributed by atoms with Crippen molar-refractivity contribution in [2.45, 2.75) is 12.3 Å². The zero-order valence-electron chi connectivity index (χ0n) is 7.26. The molecule has 0 unspecified atom stereocenters. The molecule has 3 heteroatoms. The highest BCUT2D eigenvalue weighted by Gasteiger charge is 2.19. The van der Waals surface area contributed by atoms with Crippen molar-refractivity contribution in [2.75, 3.05) is 13.1 Å². The molecule has 0 spiro atoms. The summed E-state index contributed by atoms with van der Waals surface area (Å²) < 4.78 is 12.7. The first kappa shape index (κ1) is 8.51. The molecule has 13 heavy (non-hydrogen) atoms. The number of benzene rings is 1. The fourth-order valence-electron chi connectivity index (χ4n) is 1.78. The molecule has 0 aliphatic carbocycles. The van der Waals surface area contributed by atoms with Crippen molar-refractivity contribution < 1.29 is 9.50 Å². The fraction of sp³-hybridized carbons (Fsp3) is 0.400. The number of nitrogens with one attached hydrogen (secondary N) is 1. The molecule has 1 aromatic carbocycles. The first-order valence-electron chi connectivity index (χ1n) is 4.46. The first-order valence-corrected chi connectivity index (χ1v) is 4.46. The number of hydrogen-bond acceptors (Lipinski definition) is 2. The SMILES string of the molecule is Oc1cc(F)ccc1[C@@H]1CCNC1. The van der Waals surface area contributed by atoms with Gasteiger partial charge < -0.3 is 10.4 Å². The van der Waals surface area contributed by atoms with E-state index in [9.17, 15) is 9.50 Å². The minimum atomic E-state index is -0.382. The number of aromatic hydroxyl groups is 1. The van der Waals surface area contributed by atoms with Crippen LogP contribution in [0.15, 0.2) is 18.2 Å². The summed E-state index contributed by atoms with van der Waals surface area (Å²) in [7, 11) is 0. The Morgan fingerprint density at radius 2 is 2.31 bits per heavy atom. The molecule has 70 valence electrons. The van der Waals surface area contributed by atoms with E-state index in [0.29, 0.717) is 5.92 Å². The lowest BCUT2D eigenvalue weighted by molar-refractivity contribution is 0.456. The molecule has 0 bridgehead atoms. The number of phenolic OH excluding ortho intramolecular Hbond substituents is 1. The monoisotopic (exact) mass is 181 g/mol. The summed E-state index contributed by atoms with van der Waals surface area (Å²) in [4.78, 5) is 0. The van der Waals surface area contributed by atoms with Gasteiger partial charge in [0.25, 0.3) is 0 Å². The molecule has 1 aliphatic rings. The van der Waals surface area contributed by atoms with E-state index in [4.69, 9.17) is 0 Å². The molecular formula is C10H12FNO. The van der Waals surface area contributed by atoms with Crippen molar-refractivity contribution in [1.29, 1.82) is 0 Å². The lowest BCUT2D eigenvalue weighted by Gasteiger charge is -2.10. The molecule has 1 heterocycles. The summed E-state index contributed by atoms with van der Waals surface area (Å²) in [5, 5.41) is 12.7. The quantitative estimate of drug-likeness (QED) is 0.689. The number of phenols is 1. The molecule has 0 aromatic heterocycles. The fourth-order valence-corrected chi connectivity index (χ4v) is 1.78. The normalized spacial score (nSPS) is 22.1. The Morgan fingerprint density at radius 1 is 1.46 bits per heavy atom. The molecule has 2 N–H and O–H groups in total. The van der Waals surface area contributed by atoms with E-state index in [1.165, 1.54) is 12.1 Å². The molecule has 1 aromatic rings. The number of halogens is 1. The molecular weight excluding hydrogens is 169 g/mol. The van der Waals surface area contributed by atoms with Crippen LogP contribution in [0.1, 0.15) is 17.9 Å². The molecule has 1 saturated heterocycles. The minimum absolute atomic E-state index is 0.0775. The van der Waals surface area contributed by atoms with E-state index in [-0.39, 0.29) is 11.6 Å². The van der Waals surface area contributed by atoms with E-state index in [1.54, 1.807) is 6.07 Å². The van der Waals surface area contributed by atoms with Crippen molar-refractivity contribution in [3.05, 3.63) is 29.6 Å². The molecule has 2 nitrogen and oxygen atoms in total. The number of hydrogen-bond donors (Lipinski definition) is 2. The van der Waals surface area contributed by atoms with Crippen LogP contribution in [0.25, 0.3) is 0 Å².